The lowest BCUT2D eigenvalue weighted by Gasteiger charge is -2.15. The Labute approximate surface area is 163 Å². The largest absolute Gasteiger partial charge is 0.367 e. The predicted octanol–water partition coefficient (Wildman–Crippen LogP) is 5.15. The van der Waals surface area contributed by atoms with Crippen molar-refractivity contribution in [3.05, 3.63) is 71.9 Å². The van der Waals surface area contributed by atoms with Gasteiger partial charge in [0, 0.05) is 29.5 Å². The van der Waals surface area contributed by atoms with E-state index in [9.17, 15) is 4.39 Å². The van der Waals surface area contributed by atoms with Gasteiger partial charge in [0.25, 0.3) is 0 Å². The van der Waals surface area contributed by atoms with Gasteiger partial charge in [0.15, 0.2) is 0 Å². The van der Waals surface area contributed by atoms with E-state index in [4.69, 9.17) is 4.98 Å². The maximum atomic E-state index is 13.5. The van der Waals surface area contributed by atoms with E-state index in [1.54, 1.807) is 12.1 Å². The molecule has 1 aliphatic rings. The number of hydrogen-bond acceptors (Lipinski definition) is 3. The maximum Gasteiger partial charge on any atom is 0.136 e. The first-order valence-corrected chi connectivity index (χ1v) is 9.90. The highest BCUT2D eigenvalue weighted by Crippen LogP contribution is 2.31. The molecule has 1 aliphatic carbocycles. The van der Waals surface area contributed by atoms with Gasteiger partial charge < -0.3 is 9.72 Å². The molecule has 0 bridgehead atoms. The maximum absolute atomic E-state index is 13.5. The number of nitrogens with zero attached hydrogens (tertiary/aromatic N) is 3. The fraction of sp³-hybridized carbons (Fsp3) is 0.304. The van der Waals surface area contributed by atoms with Gasteiger partial charge in [-0.3, -0.25) is 0 Å². The lowest BCUT2D eigenvalue weighted by atomic mass is 10.0. The number of anilines is 1. The van der Waals surface area contributed by atoms with Crippen LogP contribution in [0.1, 0.15) is 30.5 Å². The molecule has 1 N–H and O–H groups in total. The minimum Gasteiger partial charge on any atom is -0.367 e. The number of imidazole rings is 1. The summed E-state index contributed by atoms with van der Waals surface area (Å²) in [5.74, 6) is 1.31. The first-order valence-electron chi connectivity index (χ1n) is 9.90. The summed E-state index contributed by atoms with van der Waals surface area (Å²) in [6.07, 6.45) is 8.62. The van der Waals surface area contributed by atoms with Crippen molar-refractivity contribution in [2.75, 3.05) is 5.32 Å². The SMILES string of the molecule is Cc1cc(N[C@H]2CC[C@H](Cc3cnc4ccccn34)C2)nc2ccc(F)cc12. The van der Waals surface area contributed by atoms with Crippen molar-refractivity contribution in [2.45, 2.75) is 38.6 Å². The van der Waals surface area contributed by atoms with Crippen molar-refractivity contribution in [3.8, 4) is 0 Å². The summed E-state index contributed by atoms with van der Waals surface area (Å²) in [6, 6.07) is 13.4. The van der Waals surface area contributed by atoms with Crippen LogP contribution >= 0.6 is 0 Å². The molecule has 1 saturated carbocycles. The van der Waals surface area contributed by atoms with Crippen LogP contribution in [0.2, 0.25) is 0 Å². The van der Waals surface area contributed by atoms with Crippen LogP contribution in [0.25, 0.3) is 16.6 Å². The molecule has 1 aromatic carbocycles. The van der Waals surface area contributed by atoms with E-state index in [0.29, 0.717) is 12.0 Å². The summed E-state index contributed by atoms with van der Waals surface area (Å²) >= 11 is 0. The standard InChI is InChI=1S/C23H23FN4/c1-15-10-22(27-21-8-6-17(24)13-20(15)21)26-18-7-5-16(11-18)12-19-14-25-23-4-2-3-9-28(19)23/h2-4,6,8-10,13-14,16,18H,5,7,11-12H2,1H3,(H,26,27)/t16-,18-/m0/s1. The van der Waals surface area contributed by atoms with Gasteiger partial charge in [-0.15, -0.1) is 0 Å². The number of pyridine rings is 2. The van der Waals surface area contributed by atoms with Crippen molar-refractivity contribution >= 4 is 22.4 Å². The molecule has 5 heteroatoms. The Hall–Kier alpha value is -2.95. The zero-order valence-corrected chi connectivity index (χ0v) is 15.9. The summed E-state index contributed by atoms with van der Waals surface area (Å²) in [5, 5.41) is 4.49. The summed E-state index contributed by atoms with van der Waals surface area (Å²) in [5.41, 5.74) is 4.18. The predicted molar refractivity (Wildman–Crippen MR) is 110 cm³/mol. The highest BCUT2D eigenvalue weighted by molar-refractivity contribution is 5.83. The Kier molecular flexibility index (Phi) is 4.23. The molecule has 5 rings (SSSR count). The van der Waals surface area contributed by atoms with E-state index in [-0.39, 0.29) is 5.82 Å². The number of aryl methyl sites for hydroxylation is 1. The van der Waals surface area contributed by atoms with Crippen LogP contribution < -0.4 is 5.32 Å². The van der Waals surface area contributed by atoms with Crippen LogP contribution in [0.15, 0.2) is 54.9 Å². The molecule has 3 aromatic heterocycles. The summed E-state index contributed by atoms with van der Waals surface area (Å²) in [6.45, 7) is 2.01. The molecular formula is C23H23FN4. The van der Waals surface area contributed by atoms with E-state index in [1.807, 2.05) is 31.3 Å². The Balaban J connectivity index is 1.29. The fourth-order valence-corrected chi connectivity index (χ4v) is 4.47. The van der Waals surface area contributed by atoms with Gasteiger partial charge in [0.1, 0.15) is 17.3 Å². The van der Waals surface area contributed by atoms with Crippen LogP contribution in [0.5, 0.6) is 0 Å². The summed E-state index contributed by atoms with van der Waals surface area (Å²) in [7, 11) is 0. The van der Waals surface area contributed by atoms with Crippen molar-refractivity contribution in [1.29, 1.82) is 0 Å². The minimum atomic E-state index is -0.218. The van der Waals surface area contributed by atoms with Gasteiger partial charge >= 0.3 is 0 Å². The number of halogens is 1. The van der Waals surface area contributed by atoms with Crippen LogP contribution in [0, 0.1) is 18.7 Å². The Morgan fingerprint density at radius 3 is 3.04 bits per heavy atom. The Morgan fingerprint density at radius 1 is 1.18 bits per heavy atom. The van der Waals surface area contributed by atoms with E-state index >= 15 is 0 Å². The van der Waals surface area contributed by atoms with Gasteiger partial charge in [-0.1, -0.05) is 6.07 Å². The van der Waals surface area contributed by atoms with E-state index in [1.165, 1.54) is 18.2 Å². The molecule has 0 saturated heterocycles. The fourth-order valence-electron chi connectivity index (χ4n) is 4.47. The second-order valence-electron chi connectivity index (χ2n) is 7.89. The van der Waals surface area contributed by atoms with Crippen molar-refractivity contribution < 1.29 is 4.39 Å². The highest BCUT2D eigenvalue weighted by Gasteiger charge is 2.26. The lowest BCUT2D eigenvalue weighted by Crippen LogP contribution is -2.17. The molecule has 2 atom stereocenters. The first kappa shape index (κ1) is 17.2. The van der Waals surface area contributed by atoms with E-state index in [0.717, 1.165) is 47.2 Å². The van der Waals surface area contributed by atoms with Crippen LogP contribution in [0.4, 0.5) is 10.2 Å². The third-order valence-corrected chi connectivity index (χ3v) is 5.86. The van der Waals surface area contributed by atoms with Gasteiger partial charge in [-0.25, -0.2) is 14.4 Å². The zero-order valence-electron chi connectivity index (χ0n) is 15.9. The minimum absolute atomic E-state index is 0.218. The molecule has 0 amide bonds. The molecule has 0 spiro atoms. The molecule has 3 heterocycles. The Morgan fingerprint density at radius 2 is 2.11 bits per heavy atom. The first-order chi connectivity index (χ1) is 13.7. The topological polar surface area (TPSA) is 42.2 Å². The van der Waals surface area contributed by atoms with E-state index < -0.39 is 0 Å². The number of benzene rings is 1. The molecule has 28 heavy (non-hydrogen) atoms. The summed E-state index contributed by atoms with van der Waals surface area (Å²) < 4.78 is 15.7. The van der Waals surface area contributed by atoms with Crippen molar-refractivity contribution in [3.63, 3.8) is 0 Å². The second-order valence-corrected chi connectivity index (χ2v) is 7.89. The second kappa shape index (κ2) is 6.89. The number of rotatable bonds is 4. The van der Waals surface area contributed by atoms with Gasteiger partial charge in [0.05, 0.1) is 5.52 Å². The lowest BCUT2D eigenvalue weighted by molar-refractivity contribution is 0.531. The van der Waals surface area contributed by atoms with Crippen LogP contribution in [-0.2, 0) is 6.42 Å². The number of fused-ring (bicyclic) bond motifs is 2. The smallest absolute Gasteiger partial charge is 0.136 e. The van der Waals surface area contributed by atoms with Crippen molar-refractivity contribution in [2.24, 2.45) is 5.92 Å². The molecular weight excluding hydrogens is 351 g/mol. The molecule has 0 radical (unpaired) electrons. The molecule has 4 nitrogen and oxygen atoms in total. The average molecular weight is 374 g/mol. The molecule has 142 valence electrons. The van der Waals surface area contributed by atoms with Crippen LogP contribution in [-0.4, -0.2) is 20.4 Å². The molecule has 4 aromatic rings. The average Bonchev–Trinajstić information content (AvgIpc) is 3.30. The Bertz CT molecular complexity index is 1150. The van der Waals surface area contributed by atoms with E-state index in [2.05, 4.69) is 27.0 Å². The normalized spacial score (nSPS) is 19.5. The van der Waals surface area contributed by atoms with Gasteiger partial charge in [0.2, 0.25) is 0 Å². The number of nitrogens with one attached hydrogen (secondary N) is 1. The zero-order chi connectivity index (χ0) is 19.1. The summed E-state index contributed by atoms with van der Waals surface area (Å²) in [4.78, 5) is 9.19. The quantitative estimate of drug-likeness (QED) is 0.537. The molecule has 1 fully saturated rings. The molecule has 0 aliphatic heterocycles. The van der Waals surface area contributed by atoms with Crippen LogP contribution in [0.3, 0.4) is 0 Å². The highest BCUT2D eigenvalue weighted by atomic mass is 19.1. The third-order valence-electron chi connectivity index (χ3n) is 5.86. The third kappa shape index (κ3) is 3.21. The van der Waals surface area contributed by atoms with Gasteiger partial charge in [-0.05, 0) is 80.5 Å². The number of hydrogen-bond donors (Lipinski definition) is 1. The number of aromatic nitrogens is 3. The van der Waals surface area contributed by atoms with Gasteiger partial charge in [-0.2, -0.15) is 0 Å². The molecule has 0 unspecified atom stereocenters. The van der Waals surface area contributed by atoms with Crippen molar-refractivity contribution in [1.82, 2.24) is 14.4 Å². The monoisotopic (exact) mass is 374 g/mol.